The molecular formula is C27H24BrClN4O3. The summed E-state index contributed by atoms with van der Waals surface area (Å²) in [6.45, 7) is 3.90. The molecule has 1 atom stereocenters. The van der Waals surface area contributed by atoms with Gasteiger partial charge < -0.3 is 10.1 Å². The molecule has 0 aromatic heterocycles. The van der Waals surface area contributed by atoms with Crippen molar-refractivity contribution in [2.45, 2.75) is 26.5 Å². The Bertz CT molecular complexity index is 1320. The van der Waals surface area contributed by atoms with Crippen molar-refractivity contribution in [3.63, 3.8) is 0 Å². The first-order valence-electron chi connectivity index (χ1n) is 11.1. The second kappa shape index (κ2) is 12.9. The van der Waals surface area contributed by atoms with Gasteiger partial charge in [0.2, 0.25) is 0 Å². The van der Waals surface area contributed by atoms with Gasteiger partial charge in [-0.2, -0.15) is 10.4 Å². The van der Waals surface area contributed by atoms with Crippen molar-refractivity contribution in [2.24, 2.45) is 11.0 Å². The van der Waals surface area contributed by atoms with Crippen LogP contribution < -0.4 is 15.5 Å². The number of halogens is 2. The normalized spacial score (nSPS) is 11.7. The first-order chi connectivity index (χ1) is 17.3. The van der Waals surface area contributed by atoms with Gasteiger partial charge >= 0.3 is 0 Å². The van der Waals surface area contributed by atoms with E-state index in [0.29, 0.717) is 31.9 Å². The first-order valence-corrected chi connectivity index (χ1v) is 12.3. The minimum atomic E-state index is -0.801. The summed E-state index contributed by atoms with van der Waals surface area (Å²) in [5.41, 5.74) is 4.85. The highest BCUT2D eigenvalue weighted by Crippen LogP contribution is 2.26. The summed E-state index contributed by atoms with van der Waals surface area (Å²) in [5.74, 6) is -0.457. The molecule has 0 radical (unpaired) electrons. The molecule has 0 aliphatic heterocycles. The third-order valence-corrected chi connectivity index (χ3v) is 6.17. The maximum Gasteiger partial charge on any atom is 0.262 e. The molecule has 0 aliphatic carbocycles. The fraction of sp³-hybridized carbons (Fsp3) is 0.185. The molecule has 36 heavy (non-hydrogen) atoms. The molecule has 2 amide bonds. The lowest BCUT2D eigenvalue weighted by atomic mass is 10.0. The van der Waals surface area contributed by atoms with Crippen LogP contribution in [0.25, 0.3) is 0 Å². The van der Waals surface area contributed by atoms with Crippen molar-refractivity contribution in [1.82, 2.24) is 10.7 Å². The summed E-state index contributed by atoms with van der Waals surface area (Å²) in [4.78, 5) is 25.3. The number of nitriles is 1. The van der Waals surface area contributed by atoms with Crippen LogP contribution in [0.15, 0.2) is 76.3 Å². The Balaban J connectivity index is 1.60. The van der Waals surface area contributed by atoms with Crippen molar-refractivity contribution < 1.29 is 14.3 Å². The predicted octanol–water partition coefficient (Wildman–Crippen LogP) is 5.46. The number of rotatable bonds is 9. The highest BCUT2D eigenvalue weighted by atomic mass is 79.9. The molecule has 3 rings (SSSR count). The van der Waals surface area contributed by atoms with Crippen LogP contribution >= 0.6 is 27.5 Å². The monoisotopic (exact) mass is 566 g/mol. The third-order valence-electron chi connectivity index (χ3n) is 5.22. The molecular weight excluding hydrogens is 544 g/mol. The van der Waals surface area contributed by atoms with Gasteiger partial charge in [-0.3, -0.25) is 9.59 Å². The standard InChI is InChI=1S/C27H24BrClN4O3/c1-17(2)25(32-26(34)21-9-5-6-10-23(21)29)27(35)33-31-15-18-11-12-24(22(28)13-18)36-16-20-8-4-3-7-19(20)14-30/h3-13,15,17,25H,16H2,1-2H3,(H,32,34)(H,33,35). The number of ether oxygens (including phenoxy) is 1. The van der Waals surface area contributed by atoms with Gasteiger partial charge in [0, 0.05) is 5.56 Å². The molecule has 0 aliphatic rings. The zero-order chi connectivity index (χ0) is 26.1. The minimum Gasteiger partial charge on any atom is -0.488 e. The van der Waals surface area contributed by atoms with Crippen molar-refractivity contribution >= 4 is 45.6 Å². The quantitative estimate of drug-likeness (QED) is 0.265. The number of hydrogen-bond acceptors (Lipinski definition) is 5. The van der Waals surface area contributed by atoms with Crippen molar-refractivity contribution in [3.8, 4) is 11.8 Å². The van der Waals surface area contributed by atoms with Crippen LogP contribution in [0, 0.1) is 17.2 Å². The molecule has 9 heteroatoms. The van der Waals surface area contributed by atoms with Crippen LogP contribution in [-0.4, -0.2) is 24.1 Å². The molecule has 3 aromatic carbocycles. The molecule has 7 nitrogen and oxygen atoms in total. The number of benzene rings is 3. The van der Waals surface area contributed by atoms with E-state index in [4.69, 9.17) is 16.3 Å². The predicted molar refractivity (Wildman–Crippen MR) is 143 cm³/mol. The van der Waals surface area contributed by atoms with Gasteiger partial charge in [-0.05, 0) is 63.8 Å². The molecule has 0 saturated heterocycles. The Kier molecular flexibility index (Phi) is 9.62. The summed E-state index contributed by atoms with van der Waals surface area (Å²) in [6.07, 6.45) is 1.49. The second-order valence-corrected chi connectivity index (χ2v) is 9.42. The number of carbonyl (C=O) groups is 2. The molecule has 0 fully saturated rings. The van der Waals surface area contributed by atoms with E-state index in [1.807, 2.05) is 26.0 Å². The number of nitrogens with one attached hydrogen (secondary N) is 2. The molecule has 2 N–H and O–H groups in total. The first kappa shape index (κ1) is 26.9. The molecule has 3 aromatic rings. The van der Waals surface area contributed by atoms with Crippen LogP contribution in [0.2, 0.25) is 5.02 Å². The number of carbonyl (C=O) groups excluding carboxylic acids is 2. The lowest BCUT2D eigenvalue weighted by Gasteiger charge is -2.20. The van der Waals surface area contributed by atoms with E-state index in [-0.39, 0.29) is 12.5 Å². The Morgan fingerprint density at radius 3 is 2.56 bits per heavy atom. The van der Waals surface area contributed by atoms with Gasteiger partial charge in [0.05, 0.1) is 32.9 Å². The fourth-order valence-electron chi connectivity index (χ4n) is 3.26. The average molecular weight is 568 g/mol. The fourth-order valence-corrected chi connectivity index (χ4v) is 4.00. The molecule has 0 spiro atoms. The number of hydrogen-bond donors (Lipinski definition) is 2. The van der Waals surface area contributed by atoms with Crippen molar-refractivity contribution in [3.05, 3.63) is 98.5 Å². The van der Waals surface area contributed by atoms with E-state index in [9.17, 15) is 14.9 Å². The lowest BCUT2D eigenvalue weighted by molar-refractivity contribution is -0.123. The van der Waals surface area contributed by atoms with Crippen LogP contribution in [-0.2, 0) is 11.4 Å². The van der Waals surface area contributed by atoms with E-state index in [0.717, 1.165) is 5.56 Å². The van der Waals surface area contributed by atoms with Crippen LogP contribution in [0.5, 0.6) is 5.75 Å². The van der Waals surface area contributed by atoms with E-state index >= 15 is 0 Å². The average Bonchev–Trinajstić information content (AvgIpc) is 2.86. The Morgan fingerprint density at radius 1 is 1.14 bits per heavy atom. The second-order valence-electron chi connectivity index (χ2n) is 8.16. The van der Waals surface area contributed by atoms with Crippen LogP contribution in [0.1, 0.15) is 40.9 Å². The van der Waals surface area contributed by atoms with Gasteiger partial charge in [0.15, 0.2) is 0 Å². The molecule has 0 heterocycles. The smallest absolute Gasteiger partial charge is 0.262 e. The third kappa shape index (κ3) is 7.17. The molecule has 0 saturated carbocycles. The SMILES string of the molecule is CC(C)C(NC(=O)c1ccccc1Cl)C(=O)NN=Cc1ccc(OCc2ccccc2C#N)c(Br)c1. The number of amides is 2. The van der Waals surface area contributed by atoms with Gasteiger partial charge in [-0.1, -0.05) is 55.8 Å². The van der Waals surface area contributed by atoms with Gasteiger partial charge in [0.1, 0.15) is 18.4 Å². The van der Waals surface area contributed by atoms with E-state index < -0.39 is 17.9 Å². The minimum absolute atomic E-state index is 0.177. The van der Waals surface area contributed by atoms with Crippen LogP contribution in [0.3, 0.4) is 0 Å². The van der Waals surface area contributed by atoms with Gasteiger partial charge in [-0.25, -0.2) is 5.43 Å². The zero-order valence-electron chi connectivity index (χ0n) is 19.7. The van der Waals surface area contributed by atoms with Gasteiger partial charge in [0.25, 0.3) is 11.8 Å². The largest absolute Gasteiger partial charge is 0.488 e. The summed E-state index contributed by atoms with van der Waals surface area (Å²) in [7, 11) is 0. The molecule has 0 bridgehead atoms. The summed E-state index contributed by atoms with van der Waals surface area (Å²) >= 11 is 9.57. The zero-order valence-corrected chi connectivity index (χ0v) is 22.0. The van der Waals surface area contributed by atoms with E-state index in [2.05, 4.69) is 37.8 Å². The molecule has 1 unspecified atom stereocenters. The Hall–Kier alpha value is -3.67. The van der Waals surface area contributed by atoms with Crippen LogP contribution in [0.4, 0.5) is 0 Å². The summed E-state index contributed by atoms with van der Waals surface area (Å²) in [5, 5.41) is 16.3. The highest BCUT2D eigenvalue weighted by Gasteiger charge is 2.25. The number of nitrogens with zero attached hydrogens (tertiary/aromatic N) is 2. The number of hydrazone groups is 1. The molecule has 184 valence electrons. The van der Waals surface area contributed by atoms with Crippen molar-refractivity contribution in [1.29, 1.82) is 5.26 Å². The highest BCUT2D eigenvalue weighted by molar-refractivity contribution is 9.10. The lowest BCUT2D eigenvalue weighted by Crippen LogP contribution is -2.48. The Labute approximate surface area is 223 Å². The van der Waals surface area contributed by atoms with Gasteiger partial charge in [-0.15, -0.1) is 0 Å². The maximum atomic E-state index is 12.7. The Morgan fingerprint density at radius 2 is 1.86 bits per heavy atom. The van der Waals surface area contributed by atoms with E-state index in [1.165, 1.54) is 6.21 Å². The van der Waals surface area contributed by atoms with Crippen molar-refractivity contribution in [2.75, 3.05) is 0 Å². The summed E-state index contributed by atoms with van der Waals surface area (Å²) < 4.78 is 6.53. The summed E-state index contributed by atoms with van der Waals surface area (Å²) in [6, 6.07) is 20.6. The van der Waals surface area contributed by atoms with E-state index in [1.54, 1.807) is 54.6 Å². The topological polar surface area (TPSA) is 104 Å². The maximum absolute atomic E-state index is 12.7.